The lowest BCUT2D eigenvalue weighted by molar-refractivity contribution is -0.142. The Kier molecular flexibility index (Phi) is 9.53. The van der Waals surface area contributed by atoms with Gasteiger partial charge in [0.1, 0.15) is 5.75 Å². The molecule has 8 nitrogen and oxygen atoms in total. The molecule has 0 radical (unpaired) electrons. The van der Waals surface area contributed by atoms with Crippen molar-refractivity contribution in [3.63, 3.8) is 0 Å². The molecular weight excluding hydrogens is 564 g/mol. The number of nitrogens with one attached hydrogen (secondary N) is 2. The zero-order chi connectivity index (χ0) is 30.2. The van der Waals surface area contributed by atoms with Crippen LogP contribution in [0.3, 0.4) is 0 Å². The van der Waals surface area contributed by atoms with Gasteiger partial charge in [0.25, 0.3) is 11.1 Å². The highest BCUT2D eigenvalue weighted by Crippen LogP contribution is 2.26. The van der Waals surface area contributed by atoms with Crippen LogP contribution in [0.5, 0.6) is 5.75 Å². The third-order valence-electron chi connectivity index (χ3n) is 7.02. The number of benzene rings is 4. The van der Waals surface area contributed by atoms with E-state index in [2.05, 4.69) is 21.4 Å². The Morgan fingerprint density at radius 3 is 2.12 bits per heavy atom. The second-order valence-electron chi connectivity index (χ2n) is 9.96. The molecule has 1 heterocycles. The molecule has 0 bridgehead atoms. The molecule has 1 aliphatic rings. The molecule has 9 heteroatoms. The van der Waals surface area contributed by atoms with E-state index in [-0.39, 0.29) is 28.9 Å². The summed E-state index contributed by atoms with van der Waals surface area (Å²) in [7, 11) is 1.31. The normalized spacial score (nSPS) is 14.2. The summed E-state index contributed by atoms with van der Waals surface area (Å²) < 4.78 is 9.96. The molecule has 1 fully saturated rings. The number of esters is 1. The van der Waals surface area contributed by atoms with Gasteiger partial charge in [-0.15, -0.1) is 0 Å². The third-order valence-corrected chi connectivity index (χ3v) is 8.00. The summed E-state index contributed by atoms with van der Waals surface area (Å²) in [5.74, 6) is -0.245. The monoisotopic (exact) mass is 594 g/mol. The molecule has 4 aromatic carbocycles. The van der Waals surface area contributed by atoms with Crippen LogP contribution >= 0.6 is 11.8 Å². The van der Waals surface area contributed by atoms with Crippen molar-refractivity contribution in [3.8, 4) is 28.0 Å². The van der Waals surface area contributed by atoms with Crippen LogP contribution in [0.1, 0.15) is 21.5 Å². The number of methoxy groups -OCH3 is 1. The van der Waals surface area contributed by atoms with Crippen LogP contribution in [0.4, 0.5) is 4.79 Å². The maximum atomic E-state index is 12.8. The SMILES string of the molecule is COC(=O)COc1ccc(-c2ccc(C(=O)NCCc3cccc(-c4ccc(CC5SC(=O)NC5=O)cc4)c3)cc2)cc1. The smallest absolute Gasteiger partial charge is 0.343 e. The average molecular weight is 595 g/mol. The first-order valence-corrected chi connectivity index (χ1v) is 14.6. The highest BCUT2D eigenvalue weighted by Gasteiger charge is 2.31. The van der Waals surface area contributed by atoms with Crippen LogP contribution in [0.25, 0.3) is 22.3 Å². The van der Waals surface area contributed by atoms with Gasteiger partial charge in [-0.25, -0.2) is 4.79 Å². The number of thioether (sulfide) groups is 1. The van der Waals surface area contributed by atoms with Gasteiger partial charge in [-0.05, 0) is 70.5 Å². The second-order valence-corrected chi connectivity index (χ2v) is 11.1. The summed E-state index contributed by atoms with van der Waals surface area (Å²) in [6.45, 7) is 0.350. The van der Waals surface area contributed by atoms with E-state index < -0.39 is 5.97 Å². The standard InChI is InChI=1S/C34H30N2O6S/c1-41-31(37)21-42-29-15-13-25(14-16-29)24-9-11-27(12-10-24)32(38)35-18-17-22-3-2-4-28(19-22)26-7-5-23(6-8-26)20-30-33(39)36-34(40)43-30/h2-16,19,30H,17-18,20-21H2,1H3,(H,35,38)(H,36,39,40). The molecule has 0 aromatic heterocycles. The van der Waals surface area contributed by atoms with Crippen molar-refractivity contribution < 1.29 is 28.7 Å². The maximum Gasteiger partial charge on any atom is 0.343 e. The summed E-state index contributed by atoms with van der Waals surface area (Å²) in [4.78, 5) is 47.2. The molecule has 4 aromatic rings. The first-order valence-electron chi connectivity index (χ1n) is 13.8. The van der Waals surface area contributed by atoms with Crippen LogP contribution in [-0.4, -0.2) is 48.5 Å². The minimum absolute atomic E-state index is 0.138. The van der Waals surface area contributed by atoms with E-state index in [9.17, 15) is 19.2 Å². The lowest BCUT2D eigenvalue weighted by Gasteiger charge is -2.10. The molecule has 1 saturated heterocycles. The zero-order valence-corrected chi connectivity index (χ0v) is 24.3. The number of rotatable bonds is 11. The number of hydrogen-bond acceptors (Lipinski definition) is 7. The summed E-state index contributed by atoms with van der Waals surface area (Å²) in [6, 6.07) is 31.0. The molecule has 1 atom stereocenters. The molecule has 218 valence electrons. The average Bonchev–Trinajstić information content (AvgIpc) is 3.36. The summed E-state index contributed by atoms with van der Waals surface area (Å²) >= 11 is 1.04. The lowest BCUT2D eigenvalue weighted by Crippen LogP contribution is -2.25. The molecule has 3 amide bonds. The van der Waals surface area contributed by atoms with Crippen LogP contribution in [0, 0.1) is 0 Å². The number of imide groups is 1. The molecule has 2 N–H and O–H groups in total. The van der Waals surface area contributed by atoms with Gasteiger partial charge in [0.2, 0.25) is 5.91 Å². The quantitative estimate of drug-likeness (QED) is 0.223. The Morgan fingerprint density at radius 1 is 0.814 bits per heavy atom. The van der Waals surface area contributed by atoms with Crippen LogP contribution in [0.15, 0.2) is 97.1 Å². The van der Waals surface area contributed by atoms with E-state index in [0.717, 1.165) is 45.1 Å². The fourth-order valence-electron chi connectivity index (χ4n) is 4.66. The minimum Gasteiger partial charge on any atom is -0.482 e. The van der Waals surface area contributed by atoms with Crippen LogP contribution < -0.4 is 15.4 Å². The summed E-state index contributed by atoms with van der Waals surface area (Å²) in [6.07, 6.45) is 1.19. The lowest BCUT2D eigenvalue weighted by atomic mass is 9.99. The first kappa shape index (κ1) is 29.6. The van der Waals surface area contributed by atoms with Gasteiger partial charge < -0.3 is 14.8 Å². The molecule has 1 aliphatic heterocycles. The van der Waals surface area contributed by atoms with E-state index in [1.165, 1.54) is 7.11 Å². The van der Waals surface area contributed by atoms with Crippen molar-refractivity contribution in [1.82, 2.24) is 10.6 Å². The number of ether oxygens (including phenoxy) is 2. The van der Waals surface area contributed by atoms with Crippen LogP contribution in [-0.2, 0) is 27.2 Å². The van der Waals surface area contributed by atoms with Gasteiger partial charge in [-0.2, -0.15) is 0 Å². The fraction of sp³-hybridized carbons (Fsp3) is 0.176. The third kappa shape index (κ3) is 7.90. The Balaban J connectivity index is 1.11. The Bertz CT molecular complexity index is 1620. The van der Waals surface area contributed by atoms with Gasteiger partial charge in [0.05, 0.1) is 12.4 Å². The second kappa shape index (κ2) is 13.8. The van der Waals surface area contributed by atoms with E-state index in [1.807, 2.05) is 66.7 Å². The Morgan fingerprint density at radius 2 is 1.47 bits per heavy atom. The van der Waals surface area contributed by atoms with E-state index >= 15 is 0 Å². The molecule has 1 unspecified atom stereocenters. The van der Waals surface area contributed by atoms with E-state index in [0.29, 0.717) is 30.7 Å². The van der Waals surface area contributed by atoms with E-state index in [1.54, 1.807) is 24.3 Å². The number of carbonyl (C=O) groups is 4. The topological polar surface area (TPSA) is 111 Å². The van der Waals surface area contributed by atoms with Crippen molar-refractivity contribution in [1.29, 1.82) is 0 Å². The van der Waals surface area contributed by atoms with Crippen molar-refractivity contribution in [2.45, 2.75) is 18.1 Å². The van der Waals surface area contributed by atoms with Gasteiger partial charge in [0, 0.05) is 12.1 Å². The highest BCUT2D eigenvalue weighted by atomic mass is 32.2. The molecular formula is C34H30N2O6S. The van der Waals surface area contributed by atoms with E-state index in [4.69, 9.17) is 4.74 Å². The maximum absolute atomic E-state index is 12.8. The highest BCUT2D eigenvalue weighted by molar-refractivity contribution is 8.15. The predicted molar refractivity (Wildman–Crippen MR) is 166 cm³/mol. The molecule has 43 heavy (non-hydrogen) atoms. The molecule has 5 rings (SSSR count). The van der Waals surface area contributed by atoms with Crippen molar-refractivity contribution >= 4 is 34.8 Å². The fourth-order valence-corrected chi connectivity index (χ4v) is 5.52. The Labute approximate surface area is 253 Å². The Hall–Kier alpha value is -4.89. The van der Waals surface area contributed by atoms with Gasteiger partial charge in [0.15, 0.2) is 6.61 Å². The van der Waals surface area contributed by atoms with Gasteiger partial charge in [-0.1, -0.05) is 84.6 Å². The molecule has 0 aliphatic carbocycles. The number of amides is 3. The van der Waals surface area contributed by atoms with Gasteiger partial charge in [-0.3, -0.25) is 19.7 Å². The van der Waals surface area contributed by atoms with Crippen molar-refractivity contribution in [2.75, 3.05) is 20.3 Å². The summed E-state index contributed by atoms with van der Waals surface area (Å²) in [5, 5.41) is 4.65. The summed E-state index contributed by atoms with van der Waals surface area (Å²) in [5.41, 5.74) is 6.72. The molecule has 0 spiro atoms. The number of hydrogen-bond donors (Lipinski definition) is 2. The molecule has 0 saturated carbocycles. The zero-order valence-electron chi connectivity index (χ0n) is 23.5. The first-order chi connectivity index (χ1) is 20.9. The van der Waals surface area contributed by atoms with Gasteiger partial charge >= 0.3 is 5.97 Å². The minimum atomic E-state index is -0.442. The van der Waals surface area contributed by atoms with Crippen LogP contribution in [0.2, 0.25) is 0 Å². The van der Waals surface area contributed by atoms with Crippen molar-refractivity contribution in [2.24, 2.45) is 0 Å². The van der Waals surface area contributed by atoms with Crippen molar-refractivity contribution in [3.05, 3.63) is 114 Å². The predicted octanol–water partition coefficient (Wildman–Crippen LogP) is 5.44. The number of carbonyl (C=O) groups excluding carboxylic acids is 4. The largest absolute Gasteiger partial charge is 0.482 e.